The molecule has 1 aromatic carbocycles. The van der Waals surface area contributed by atoms with E-state index in [1.807, 2.05) is 44.2 Å². The summed E-state index contributed by atoms with van der Waals surface area (Å²) in [6, 6.07) is 9.51. The molecule has 0 fully saturated rings. The molecule has 0 aliphatic rings. The van der Waals surface area contributed by atoms with Crippen molar-refractivity contribution in [3.8, 4) is 5.69 Å². The molecular formula is C18H21N5O2. The Hall–Kier alpha value is -2.96. The fourth-order valence-corrected chi connectivity index (χ4v) is 2.48. The highest BCUT2D eigenvalue weighted by Crippen LogP contribution is 2.13. The van der Waals surface area contributed by atoms with Gasteiger partial charge in [-0.2, -0.15) is 5.10 Å². The van der Waals surface area contributed by atoms with Crippen LogP contribution in [0.1, 0.15) is 26.1 Å². The van der Waals surface area contributed by atoms with E-state index in [2.05, 4.69) is 20.4 Å². The van der Waals surface area contributed by atoms with E-state index in [0.717, 1.165) is 5.69 Å². The number of benzene rings is 1. The monoisotopic (exact) mass is 339 g/mol. The molecule has 2 aromatic heterocycles. The Morgan fingerprint density at radius 1 is 1.28 bits per heavy atom. The van der Waals surface area contributed by atoms with E-state index in [1.165, 1.54) is 6.20 Å². The van der Waals surface area contributed by atoms with Crippen LogP contribution >= 0.6 is 0 Å². The highest BCUT2D eigenvalue weighted by Gasteiger charge is 2.12. The number of nitrogens with zero attached hydrogens (tertiary/aromatic N) is 3. The molecule has 2 N–H and O–H groups in total. The summed E-state index contributed by atoms with van der Waals surface area (Å²) < 4.78 is 1.63. The zero-order valence-electron chi connectivity index (χ0n) is 14.3. The highest BCUT2D eigenvalue weighted by molar-refractivity contribution is 5.77. The van der Waals surface area contributed by atoms with Crippen molar-refractivity contribution in [1.82, 2.24) is 25.1 Å². The third-order valence-corrected chi connectivity index (χ3v) is 3.78. The highest BCUT2D eigenvalue weighted by atomic mass is 16.1. The van der Waals surface area contributed by atoms with Gasteiger partial charge in [0.2, 0.25) is 5.91 Å². The SMILES string of the molecule is CC(C)CNC(=O)CCc1nc2c(cnn2-c2ccccc2)c(=O)[nH]1. The molecule has 7 nitrogen and oxygen atoms in total. The summed E-state index contributed by atoms with van der Waals surface area (Å²) in [5, 5.41) is 7.55. The number of amides is 1. The minimum absolute atomic E-state index is 0.0481. The molecule has 0 radical (unpaired) electrons. The normalized spacial score (nSPS) is 11.2. The summed E-state index contributed by atoms with van der Waals surface area (Å²) in [7, 11) is 0. The Labute approximate surface area is 145 Å². The van der Waals surface area contributed by atoms with Crippen LogP contribution < -0.4 is 10.9 Å². The van der Waals surface area contributed by atoms with Gasteiger partial charge in [0, 0.05) is 19.4 Å². The molecule has 2 heterocycles. The van der Waals surface area contributed by atoms with Gasteiger partial charge in [-0.05, 0) is 18.1 Å². The van der Waals surface area contributed by atoms with Crippen LogP contribution in [0, 0.1) is 5.92 Å². The Bertz CT molecular complexity index is 928. The van der Waals surface area contributed by atoms with Gasteiger partial charge in [0.1, 0.15) is 11.2 Å². The largest absolute Gasteiger partial charge is 0.356 e. The molecule has 3 rings (SSSR count). The molecule has 7 heteroatoms. The average molecular weight is 339 g/mol. The third kappa shape index (κ3) is 3.93. The molecule has 0 saturated carbocycles. The van der Waals surface area contributed by atoms with Crippen LogP contribution in [0.5, 0.6) is 0 Å². The van der Waals surface area contributed by atoms with Gasteiger partial charge < -0.3 is 10.3 Å². The minimum Gasteiger partial charge on any atom is -0.356 e. The summed E-state index contributed by atoms with van der Waals surface area (Å²) in [6.45, 7) is 4.72. The lowest BCUT2D eigenvalue weighted by Crippen LogP contribution is -2.27. The molecule has 0 aliphatic heterocycles. The fraction of sp³-hybridized carbons (Fsp3) is 0.333. The van der Waals surface area contributed by atoms with Crippen molar-refractivity contribution in [1.29, 1.82) is 0 Å². The van der Waals surface area contributed by atoms with E-state index < -0.39 is 0 Å². The molecule has 25 heavy (non-hydrogen) atoms. The van der Waals surface area contributed by atoms with Crippen LogP contribution in [-0.2, 0) is 11.2 Å². The second-order valence-electron chi connectivity index (χ2n) is 6.34. The number of aromatic amines is 1. The van der Waals surface area contributed by atoms with Crippen LogP contribution in [0.4, 0.5) is 0 Å². The molecule has 0 aliphatic carbocycles. The zero-order chi connectivity index (χ0) is 17.8. The predicted octanol–water partition coefficient (Wildman–Crippen LogP) is 1.81. The molecule has 130 valence electrons. The van der Waals surface area contributed by atoms with E-state index >= 15 is 0 Å². The second-order valence-corrected chi connectivity index (χ2v) is 6.34. The average Bonchev–Trinajstić information content (AvgIpc) is 3.03. The molecular weight excluding hydrogens is 318 g/mol. The number of H-pyrrole nitrogens is 1. The first kappa shape index (κ1) is 16.9. The maximum atomic E-state index is 12.3. The van der Waals surface area contributed by atoms with E-state index in [0.29, 0.717) is 35.7 Å². The summed E-state index contributed by atoms with van der Waals surface area (Å²) in [5.74, 6) is 0.835. The predicted molar refractivity (Wildman–Crippen MR) is 95.7 cm³/mol. The van der Waals surface area contributed by atoms with Crippen molar-refractivity contribution >= 4 is 16.9 Å². The standard InChI is InChI=1S/C18H21N5O2/c1-12(2)10-19-16(24)9-8-15-21-17-14(18(25)22-15)11-20-23(17)13-6-4-3-5-7-13/h3-7,11-12H,8-10H2,1-2H3,(H,19,24)(H,21,22,25). The van der Waals surface area contributed by atoms with Crippen molar-refractivity contribution in [3.05, 3.63) is 52.7 Å². The number of rotatable bonds is 6. The maximum Gasteiger partial charge on any atom is 0.262 e. The Morgan fingerprint density at radius 3 is 2.76 bits per heavy atom. The van der Waals surface area contributed by atoms with Gasteiger partial charge in [-0.3, -0.25) is 9.59 Å². The zero-order valence-corrected chi connectivity index (χ0v) is 14.3. The number of hydrogen-bond acceptors (Lipinski definition) is 4. The third-order valence-electron chi connectivity index (χ3n) is 3.78. The fourth-order valence-electron chi connectivity index (χ4n) is 2.48. The number of carbonyl (C=O) groups is 1. The molecule has 0 saturated heterocycles. The van der Waals surface area contributed by atoms with Crippen LogP contribution in [0.25, 0.3) is 16.7 Å². The van der Waals surface area contributed by atoms with Crippen LogP contribution in [0.15, 0.2) is 41.3 Å². The quantitative estimate of drug-likeness (QED) is 0.716. The van der Waals surface area contributed by atoms with Crippen molar-refractivity contribution in [2.45, 2.75) is 26.7 Å². The number of fused-ring (bicyclic) bond motifs is 1. The van der Waals surface area contributed by atoms with Crippen molar-refractivity contribution in [2.24, 2.45) is 5.92 Å². The summed E-state index contributed by atoms with van der Waals surface area (Å²) >= 11 is 0. The van der Waals surface area contributed by atoms with Gasteiger partial charge >= 0.3 is 0 Å². The lowest BCUT2D eigenvalue weighted by Gasteiger charge is -2.07. The summed E-state index contributed by atoms with van der Waals surface area (Å²) in [4.78, 5) is 31.4. The maximum absolute atomic E-state index is 12.3. The van der Waals surface area contributed by atoms with Crippen molar-refractivity contribution in [3.63, 3.8) is 0 Å². The molecule has 3 aromatic rings. The first-order chi connectivity index (χ1) is 12.0. The number of hydrogen-bond donors (Lipinski definition) is 2. The van der Waals surface area contributed by atoms with E-state index in [9.17, 15) is 9.59 Å². The summed E-state index contributed by atoms with van der Waals surface area (Å²) in [6.07, 6.45) is 2.16. The number of para-hydroxylation sites is 1. The van der Waals surface area contributed by atoms with Gasteiger partial charge in [-0.15, -0.1) is 0 Å². The Morgan fingerprint density at radius 2 is 2.04 bits per heavy atom. The number of aryl methyl sites for hydroxylation is 1. The number of nitrogens with one attached hydrogen (secondary N) is 2. The van der Waals surface area contributed by atoms with Crippen LogP contribution in [0.3, 0.4) is 0 Å². The molecule has 0 spiro atoms. The summed E-state index contributed by atoms with van der Waals surface area (Å²) in [5.41, 5.74) is 1.08. The van der Waals surface area contributed by atoms with E-state index in [-0.39, 0.29) is 17.9 Å². The first-order valence-electron chi connectivity index (χ1n) is 8.33. The van der Waals surface area contributed by atoms with Gasteiger partial charge in [0.25, 0.3) is 5.56 Å². The smallest absolute Gasteiger partial charge is 0.262 e. The van der Waals surface area contributed by atoms with Crippen molar-refractivity contribution in [2.75, 3.05) is 6.54 Å². The molecule has 0 bridgehead atoms. The topological polar surface area (TPSA) is 92.7 Å². The van der Waals surface area contributed by atoms with Crippen molar-refractivity contribution < 1.29 is 4.79 Å². The number of carbonyl (C=O) groups excluding carboxylic acids is 1. The van der Waals surface area contributed by atoms with Crippen LogP contribution in [0.2, 0.25) is 0 Å². The van der Waals surface area contributed by atoms with Gasteiger partial charge in [0.15, 0.2) is 5.65 Å². The van der Waals surface area contributed by atoms with E-state index in [1.54, 1.807) is 4.68 Å². The number of aromatic nitrogens is 4. The van der Waals surface area contributed by atoms with Gasteiger partial charge in [-0.1, -0.05) is 32.0 Å². The molecule has 0 atom stereocenters. The lowest BCUT2D eigenvalue weighted by atomic mass is 10.2. The Kier molecular flexibility index (Phi) is 4.92. The van der Waals surface area contributed by atoms with Gasteiger partial charge in [-0.25, -0.2) is 9.67 Å². The van der Waals surface area contributed by atoms with E-state index in [4.69, 9.17) is 0 Å². The van der Waals surface area contributed by atoms with Crippen LogP contribution in [-0.4, -0.2) is 32.2 Å². The Balaban J connectivity index is 1.83. The second kappa shape index (κ2) is 7.29. The molecule has 0 unspecified atom stereocenters. The first-order valence-corrected chi connectivity index (χ1v) is 8.33. The minimum atomic E-state index is -0.246. The lowest BCUT2D eigenvalue weighted by molar-refractivity contribution is -0.121. The molecule has 1 amide bonds. The van der Waals surface area contributed by atoms with Gasteiger partial charge in [0.05, 0.1) is 11.9 Å².